The predicted molar refractivity (Wildman–Crippen MR) is 85.3 cm³/mol. The summed E-state index contributed by atoms with van der Waals surface area (Å²) < 4.78 is 0. The minimum atomic E-state index is 0.0862. The van der Waals surface area contributed by atoms with E-state index in [1.54, 1.807) is 6.20 Å². The molecule has 1 aliphatic rings. The van der Waals surface area contributed by atoms with Crippen LogP contribution in [0.5, 0.6) is 0 Å². The second-order valence-electron chi connectivity index (χ2n) is 6.23. The van der Waals surface area contributed by atoms with Gasteiger partial charge in [-0.1, -0.05) is 6.92 Å². The van der Waals surface area contributed by atoms with Crippen molar-refractivity contribution in [2.24, 2.45) is 5.92 Å². The molecule has 112 valence electrons. The van der Waals surface area contributed by atoms with Crippen molar-refractivity contribution in [2.45, 2.75) is 13.0 Å². The number of fused-ring (bicyclic) bond motifs is 1. The van der Waals surface area contributed by atoms with Crippen LogP contribution in [0.3, 0.4) is 0 Å². The molecule has 1 aromatic heterocycles. The molecule has 0 radical (unpaired) electrons. The number of anilines is 1. The number of hydrogen-bond donors (Lipinski definition) is 2. The average Bonchev–Trinajstić information content (AvgIpc) is 3.01. The monoisotopic (exact) mass is 286 g/mol. The quantitative estimate of drug-likeness (QED) is 0.827. The summed E-state index contributed by atoms with van der Waals surface area (Å²) >= 11 is 0. The molecule has 2 atom stereocenters. The topological polar surface area (TPSA) is 65.4 Å². The van der Waals surface area contributed by atoms with E-state index in [0.29, 0.717) is 23.2 Å². The molecule has 21 heavy (non-hydrogen) atoms. The van der Waals surface area contributed by atoms with Gasteiger partial charge in [0.05, 0.1) is 5.56 Å². The van der Waals surface area contributed by atoms with Crippen molar-refractivity contribution in [1.29, 1.82) is 0 Å². The third-order valence-electron chi connectivity index (χ3n) is 4.46. The number of nitrogens with one attached hydrogen (secondary N) is 1. The third kappa shape index (κ3) is 2.38. The van der Waals surface area contributed by atoms with E-state index in [4.69, 9.17) is 5.73 Å². The molecule has 2 aromatic rings. The molecule has 5 heteroatoms. The minimum Gasteiger partial charge on any atom is -0.399 e. The maximum Gasteiger partial charge on any atom is 0.256 e. The van der Waals surface area contributed by atoms with E-state index >= 15 is 0 Å². The first-order chi connectivity index (χ1) is 9.97. The van der Waals surface area contributed by atoms with Gasteiger partial charge in [-0.05, 0) is 38.2 Å². The van der Waals surface area contributed by atoms with Gasteiger partial charge in [-0.25, -0.2) is 0 Å². The SMILES string of the molecule is CC1CN(C(=O)c2c[nH]c3ccc(N)cc23)CC1N(C)C. The number of carbonyl (C=O) groups excluding carboxylic acids is 1. The molecule has 1 saturated heterocycles. The van der Waals surface area contributed by atoms with Gasteiger partial charge in [0.1, 0.15) is 0 Å². The van der Waals surface area contributed by atoms with E-state index in [0.717, 1.165) is 24.0 Å². The number of carbonyl (C=O) groups is 1. The van der Waals surface area contributed by atoms with Crippen molar-refractivity contribution < 1.29 is 4.79 Å². The summed E-state index contributed by atoms with van der Waals surface area (Å²) in [6.45, 7) is 3.78. The lowest BCUT2D eigenvalue weighted by Gasteiger charge is -2.22. The Balaban J connectivity index is 1.90. The molecule has 3 N–H and O–H groups in total. The highest BCUT2D eigenvalue weighted by Gasteiger charge is 2.34. The van der Waals surface area contributed by atoms with E-state index < -0.39 is 0 Å². The van der Waals surface area contributed by atoms with Gasteiger partial charge in [-0.15, -0.1) is 0 Å². The van der Waals surface area contributed by atoms with Gasteiger partial charge >= 0.3 is 0 Å². The first-order valence-corrected chi connectivity index (χ1v) is 7.29. The Morgan fingerprint density at radius 1 is 1.38 bits per heavy atom. The number of rotatable bonds is 2. The molecule has 1 aromatic carbocycles. The zero-order valence-corrected chi connectivity index (χ0v) is 12.8. The normalized spacial score (nSPS) is 22.4. The number of nitrogens with two attached hydrogens (primary N) is 1. The van der Waals surface area contributed by atoms with Crippen LogP contribution < -0.4 is 5.73 Å². The fourth-order valence-electron chi connectivity index (χ4n) is 3.27. The molecule has 1 fully saturated rings. The van der Waals surface area contributed by atoms with Crippen molar-refractivity contribution in [3.05, 3.63) is 30.0 Å². The Morgan fingerprint density at radius 3 is 2.81 bits per heavy atom. The molecule has 2 unspecified atom stereocenters. The molecule has 0 spiro atoms. The Morgan fingerprint density at radius 2 is 2.14 bits per heavy atom. The van der Waals surface area contributed by atoms with Gasteiger partial charge in [-0.3, -0.25) is 4.79 Å². The highest BCUT2D eigenvalue weighted by molar-refractivity contribution is 6.07. The first kappa shape index (κ1) is 13.9. The van der Waals surface area contributed by atoms with Gasteiger partial charge in [0.2, 0.25) is 0 Å². The predicted octanol–water partition coefficient (Wildman–Crippen LogP) is 1.77. The largest absolute Gasteiger partial charge is 0.399 e. The molecular weight excluding hydrogens is 264 g/mol. The lowest BCUT2D eigenvalue weighted by molar-refractivity contribution is 0.0783. The summed E-state index contributed by atoms with van der Waals surface area (Å²) in [5.41, 5.74) is 8.18. The molecule has 0 saturated carbocycles. The Hall–Kier alpha value is -2.01. The van der Waals surface area contributed by atoms with Crippen molar-refractivity contribution in [3.63, 3.8) is 0 Å². The fourth-order valence-corrected chi connectivity index (χ4v) is 3.27. The standard InChI is InChI=1S/C16H22N4O/c1-10-8-20(9-15(10)19(2)3)16(21)13-7-18-14-5-4-11(17)6-12(13)14/h4-7,10,15,18H,8-9,17H2,1-3H3. The van der Waals surface area contributed by atoms with Crippen molar-refractivity contribution in [2.75, 3.05) is 32.9 Å². The van der Waals surface area contributed by atoms with Gasteiger partial charge in [0.15, 0.2) is 0 Å². The second-order valence-corrected chi connectivity index (χ2v) is 6.23. The number of hydrogen-bond acceptors (Lipinski definition) is 3. The first-order valence-electron chi connectivity index (χ1n) is 7.29. The zero-order chi connectivity index (χ0) is 15.1. The number of likely N-dealkylation sites (tertiary alicyclic amines) is 1. The molecule has 0 aliphatic carbocycles. The van der Waals surface area contributed by atoms with E-state index in [1.807, 2.05) is 23.1 Å². The summed E-state index contributed by atoms with van der Waals surface area (Å²) in [6.07, 6.45) is 1.79. The summed E-state index contributed by atoms with van der Waals surface area (Å²) in [5, 5.41) is 0.904. The van der Waals surface area contributed by atoms with Gasteiger partial charge in [0.25, 0.3) is 5.91 Å². The minimum absolute atomic E-state index is 0.0862. The highest BCUT2D eigenvalue weighted by Crippen LogP contribution is 2.26. The number of benzene rings is 1. The van der Waals surface area contributed by atoms with E-state index in [1.165, 1.54) is 0 Å². The summed E-state index contributed by atoms with van der Waals surface area (Å²) in [4.78, 5) is 20.1. The summed E-state index contributed by atoms with van der Waals surface area (Å²) in [7, 11) is 4.14. The zero-order valence-electron chi connectivity index (χ0n) is 12.8. The van der Waals surface area contributed by atoms with Crippen LogP contribution >= 0.6 is 0 Å². The third-order valence-corrected chi connectivity index (χ3v) is 4.46. The molecule has 1 aliphatic heterocycles. The maximum absolute atomic E-state index is 12.8. The van der Waals surface area contributed by atoms with Gasteiger partial charge in [0, 0.05) is 41.9 Å². The van der Waals surface area contributed by atoms with Crippen molar-refractivity contribution >= 4 is 22.5 Å². The summed E-state index contributed by atoms with van der Waals surface area (Å²) in [5.74, 6) is 0.572. The average molecular weight is 286 g/mol. The molecule has 1 amide bonds. The lowest BCUT2D eigenvalue weighted by Crippen LogP contribution is -2.35. The smallest absolute Gasteiger partial charge is 0.256 e. The number of nitrogen functional groups attached to an aromatic ring is 1. The molecule has 3 rings (SSSR count). The van der Waals surface area contributed by atoms with Gasteiger partial charge < -0.3 is 20.5 Å². The van der Waals surface area contributed by atoms with Crippen molar-refractivity contribution in [3.8, 4) is 0 Å². The molecular formula is C16H22N4O. The van der Waals surface area contributed by atoms with Crippen LogP contribution in [0.1, 0.15) is 17.3 Å². The highest BCUT2D eigenvalue weighted by atomic mass is 16.2. The number of aromatic amines is 1. The Bertz CT molecular complexity index is 676. The van der Waals surface area contributed by atoms with Crippen LogP contribution in [0.25, 0.3) is 10.9 Å². The molecule has 2 heterocycles. The van der Waals surface area contributed by atoms with E-state index in [2.05, 4.69) is 30.9 Å². The van der Waals surface area contributed by atoms with Gasteiger partial charge in [-0.2, -0.15) is 0 Å². The van der Waals surface area contributed by atoms with Crippen LogP contribution in [-0.2, 0) is 0 Å². The van der Waals surface area contributed by atoms with E-state index in [9.17, 15) is 4.79 Å². The number of aromatic nitrogens is 1. The fraction of sp³-hybridized carbons (Fsp3) is 0.438. The molecule has 0 bridgehead atoms. The molecule has 5 nitrogen and oxygen atoms in total. The van der Waals surface area contributed by atoms with Crippen LogP contribution in [0.4, 0.5) is 5.69 Å². The Kier molecular flexibility index (Phi) is 3.37. The lowest BCUT2D eigenvalue weighted by atomic mass is 10.1. The summed E-state index contributed by atoms with van der Waals surface area (Å²) in [6, 6.07) is 6.04. The van der Waals surface area contributed by atoms with Crippen LogP contribution in [0, 0.1) is 5.92 Å². The number of nitrogens with zero attached hydrogens (tertiary/aromatic N) is 2. The van der Waals surface area contributed by atoms with Crippen LogP contribution in [0.2, 0.25) is 0 Å². The maximum atomic E-state index is 12.8. The van der Waals surface area contributed by atoms with Crippen LogP contribution in [0.15, 0.2) is 24.4 Å². The Labute approximate surface area is 124 Å². The van der Waals surface area contributed by atoms with Crippen LogP contribution in [-0.4, -0.2) is 53.9 Å². The number of amides is 1. The number of likely N-dealkylation sites (N-methyl/N-ethyl adjacent to an activating group) is 1. The number of H-pyrrole nitrogens is 1. The second kappa shape index (κ2) is 5.07. The van der Waals surface area contributed by atoms with E-state index in [-0.39, 0.29) is 5.91 Å². The van der Waals surface area contributed by atoms with Crippen molar-refractivity contribution in [1.82, 2.24) is 14.8 Å².